The number of hydrogen-bond donors (Lipinski definition) is 1. The fourth-order valence-electron chi connectivity index (χ4n) is 2.53. The number of aryl methyl sites for hydroxylation is 1. The van der Waals surface area contributed by atoms with Crippen molar-refractivity contribution >= 4 is 0 Å². The predicted octanol–water partition coefficient (Wildman–Crippen LogP) is 3.62. The quantitative estimate of drug-likeness (QED) is 0.878. The molecule has 0 saturated heterocycles. The molecule has 0 aliphatic heterocycles. The van der Waals surface area contributed by atoms with Gasteiger partial charge < -0.3 is 5.32 Å². The molecule has 0 fully saturated rings. The molecule has 0 aliphatic carbocycles. The minimum Gasteiger partial charge on any atom is -0.311 e. The summed E-state index contributed by atoms with van der Waals surface area (Å²) < 4.78 is 2.09. The SMILES string of the molecule is CCn1nccc1CC(CNC(C)(C)C)c1ccccc1. The summed E-state index contributed by atoms with van der Waals surface area (Å²) in [6, 6.07) is 12.9. The van der Waals surface area contributed by atoms with Gasteiger partial charge in [0.15, 0.2) is 0 Å². The zero-order valence-electron chi connectivity index (χ0n) is 13.6. The molecular formula is C18H27N3. The van der Waals surface area contributed by atoms with E-state index in [0.717, 1.165) is 19.5 Å². The second-order valence-corrected chi connectivity index (χ2v) is 6.58. The van der Waals surface area contributed by atoms with Gasteiger partial charge in [0.1, 0.15) is 0 Å². The Labute approximate surface area is 128 Å². The molecule has 0 bridgehead atoms. The molecular weight excluding hydrogens is 258 g/mol. The van der Waals surface area contributed by atoms with Crippen LogP contribution in [0.15, 0.2) is 42.6 Å². The predicted molar refractivity (Wildman–Crippen MR) is 88.5 cm³/mol. The van der Waals surface area contributed by atoms with Crippen LogP contribution in [0, 0.1) is 0 Å². The second kappa shape index (κ2) is 6.90. The first-order valence-electron chi connectivity index (χ1n) is 7.80. The molecule has 21 heavy (non-hydrogen) atoms. The van der Waals surface area contributed by atoms with Gasteiger partial charge in [-0.15, -0.1) is 0 Å². The average molecular weight is 285 g/mol. The Morgan fingerprint density at radius 3 is 2.48 bits per heavy atom. The molecule has 1 unspecified atom stereocenters. The van der Waals surface area contributed by atoms with Crippen molar-refractivity contribution in [1.29, 1.82) is 0 Å². The van der Waals surface area contributed by atoms with E-state index in [-0.39, 0.29) is 5.54 Å². The van der Waals surface area contributed by atoms with E-state index in [2.05, 4.69) is 79.2 Å². The van der Waals surface area contributed by atoms with E-state index in [4.69, 9.17) is 0 Å². The minimum absolute atomic E-state index is 0.137. The number of benzene rings is 1. The van der Waals surface area contributed by atoms with Gasteiger partial charge in [-0.05, 0) is 45.7 Å². The van der Waals surface area contributed by atoms with Crippen molar-refractivity contribution in [3.63, 3.8) is 0 Å². The fourth-order valence-corrected chi connectivity index (χ4v) is 2.53. The zero-order chi connectivity index (χ0) is 15.3. The fraction of sp³-hybridized carbons (Fsp3) is 0.500. The molecule has 0 amide bonds. The molecule has 3 nitrogen and oxygen atoms in total. The van der Waals surface area contributed by atoms with Crippen LogP contribution in [0.2, 0.25) is 0 Å². The number of nitrogens with one attached hydrogen (secondary N) is 1. The van der Waals surface area contributed by atoms with Gasteiger partial charge in [0.05, 0.1) is 0 Å². The Balaban J connectivity index is 2.16. The van der Waals surface area contributed by atoms with Gasteiger partial charge in [-0.25, -0.2) is 0 Å². The van der Waals surface area contributed by atoms with Gasteiger partial charge in [-0.2, -0.15) is 5.10 Å². The highest BCUT2D eigenvalue weighted by Gasteiger charge is 2.17. The summed E-state index contributed by atoms with van der Waals surface area (Å²) >= 11 is 0. The highest BCUT2D eigenvalue weighted by molar-refractivity contribution is 5.22. The van der Waals surface area contributed by atoms with Gasteiger partial charge in [0, 0.05) is 36.4 Å². The third-order valence-electron chi connectivity index (χ3n) is 3.71. The van der Waals surface area contributed by atoms with E-state index in [9.17, 15) is 0 Å². The van der Waals surface area contributed by atoms with Crippen molar-refractivity contribution < 1.29 is 0 Å². The number of hydrogen-bond acceptors (Lipinski definition) is 2. The van der Waals surface area contributed by atoms with Crippen LogP contribution in [-0.2, 0) is 13.0 Å². The molecule has 0 radical (unpaired) electrons. The monoisotopic (exact) mass is 285 g/mol. The standard InChI is InChI=1S/C18H27N3/c1-5-21-17(11-12-20-21)13-16(14-19-18(2,3)4)15-9-7-6-8-10-15/h6-12,16,19H,5,13-14H2,1-4H3. The molecule has 1 atom stereocenters. The van der Waals surface area contributed by atoms with Crippen LogP contribution in [0.4, 0.5) is 0 Å². The summed E-state index contributed by atoms with van der Waals surface area (Å²) in [7, 11) is 0. The molecule has 1 N–H and O–H groups in total. The molecule has 114 valence electrons. The third-order valence-corrected chi connectivity index (χ3v) is 3.71. The Bertz CT molecular complexity index is 537. The lowest BCUT2D eigenvalue weighted by Crippen LogP contribution is -2.39. The Morgan fingerprint density at radius 2 is 1.86 bits per heavy atom. The van der Waals surface area contributed by atoms with E-state index in [1.807, 2.05) is 6.20 Å². The summed E-state index contributed by atoms with van der Waals surface area (Å²) in [6.07, 6.45) is 2.92. The summed E-state index contributed by atoms with van der Waals surface area (Å²) in [4.78, 5) is 0. The van der Waals surface area contributed by atoms with Gasteiger partial charge in [-0.1, -0.05) is 30.3 Å². The van der Waals surface area contributed by atoms with Crippen molar-refractivity contribution in [3.8, 4) is 0 Å². The molecule has 2 rings (SSSR count). The average Bonchev–Trinajstić information content (AvgIpc) is 2.90. The van der Waals surface area contributed by atoms with E-state index in [1.165, 1.54) is 11.3 Å². The highest BCUT2D eigenvalue weighted by atomic mass is 15.3. The first-order valence-corrected chi connectivity index (χ1v) is 7.80. The lowest BCUT2D eigenvalue weighted by Gasteiger charge is -2.26. The van der Waals surface area contributed by atoms with Crippen molar-refractivity contribution in [2.75, 3.05) is 6.54 Å². The van der Waals surface area contributed by atoms with Crippen LogP contribution in [0.25, 0.3) is 0 Å². The van der Waals surface area contributed by atoms with E-state index in [0.29, 0.717) is 5.92 Å². The molecule has 1 aromatic carbocycles. The van der Waals surface area contributed by atoms with Crippen molar-refractivity contribution in [1.82, 2.24) is 15.1 Å². The molecule has 0 spiro atoms. The van der Waals surface area contributed by atoms with E-state index in [1.54, 1.807) is 0 Å². The first-order chi connectivity index (χ1) is 9.99. The van der Waals surface area contributed by atoms with Crippen molar-refractivity contribution in [3.05, 3.63) is 53.9 Å². The summed E-state index contributed by atoms with van der Waals surface area (Å²) in [6.45, 7) is 10.7. The van der Waals surface area contributed by atoms with Gasteiger partial charge in [0.2, 0.25) is 0 Å². The van der Waals surface area contributed by atoms with Crippen LogP contribution in [0.1, 0.15) is 44.9 Å². The third kappa shape index (κ3) is 4.71. The van der Waals surface area contributed by atoms with Crippen LogP contribution in [0.5, 0.6) is 0 Å². The number of nitrogens with zero attached hydrogens (tertiary/aromatic N) is 2. The van der Waals surface area contributed by atoms with Gasteiger partial charge in [-0.3, -0.25) is 4.68 Å². The number of aromatic nitrogens is 2. The van der Waals surface area contributed by atoms with Crippen LogP contribution in [0.3, 0.4) is 0 Å². The normalized spacial score (nSPS) is 13.3. The molecule has 1 aromatic heterocycles. The summed E-state index contributed by atoms with van der Waals surface area (Å²) in [5.74, 6) is 0.465. The molecule has 0 aliphatic rings. The molecule has 3 heteroatoms. The van der Waals surface area contributed by atoms with Crippen molar-refractivity contribution in [2.45, 2.75) is 52.1 Å². The lowest BCUT2D eigenvalue weighted by molar-refractivity contribution is 0.402. The van der Waals surface area contributed by atoms with Crippen LogP contribution >= 0.6 is 0 Å². The molecule has 2 aromatic rings. The molecule has 1 heterocycles. The highest BCUT2D eigenvalue weighted by Crippen LogP contribution is 2.21. The summed E-state index contributed by atoms with van der Waals surface area (Å²) in [5, 5.41) is 8.03. The zero-order valence-corrected chi connectivity index (χ0v) is 13.6. The van der Waals surface area contributed by atoms with E-state index < -0.39 is 0 Å². The second-order valence-electron chi connectivity index (χ2n) is 6.58. The Morgan fingerprint density at radius 1 is 1.14 bits per heavy atom. The van der Waals surface area contributed by atoms with E-state index >= 15 is 0 Å². The van der Waals surface area contributed by atoms with Gasteiger partial charge >= 0.3 is 0 Å². The largest absolute Gasteiger partial charge is 0.311 e. The Hall–Kier alpha value is -1.61. The molecule has 0 saturated carbocycles. The maximum Gasteiger partial charge on any atom is 0.0492 e. The van der Waals surface area contributed by atoms with Crippen LogP contribution < -0.4 is 5.32 Å². The maximum absolute atomic E-state index is 4.39. The maximum atomic E-state index is 4.39. The first kappa shape index (κ1) is 15.8. The van der Waals surface area contributed by atoms with Crippen molar-refractivity contribution in [2.24, 2.45) is 0 Å². The minimum atomic E-state index is 0.137. The number of rotatable bonds is 6. The van der Waals surface area contributed by atoms with Gasteiger partial charge in [0.25, 0.3) is 0 Å². The topological polar surface area (TPSA) is 29.9 Å². The smallest absolute Gasteiger partial charge is 0.0492 e. The van der Waals surface area contributed by atoms with Crippen LogP contribution in [-0.4, -0.2) is 21.9 Å². The summed E-state index contributed by atoms with van der Waals surface area (Å²) in [5.41, 5.74) is 2.83. The lowest BCUT2D eigenvalue weighted by atomic mass is 9.93. The Kier molecular flexibility index (Phi) is 5.18.